The molecule has 2 aromatic heterocycles. The highest BCUT2D eigenvalue weighted by Crippen LogP contribution is 2.25. The summed E-state index contributed by atoms with van der Waals surface area (Å²) in [6.07, 6.45) is 8.94. The van der Waals surface area contributed by atoms with Gasteiger partial charge in [0.05, 0.1) is 24.0 Å². The standard InChI is InChI=1S/C24H29N5O2/c30-22-7-10-28(11-8-22)21-12-24(31)29(26-15-21)20-5-3-9-27(17-20)16-19-14-25-13-18-4-1-2-6-23(18)19/h1-2,4,6,12-15,20,22,30H,3,5,7-11,16-17H2/t20-/m0/s1. The second-order valence-electron chi connectivity index (χ2n) is 8.77. The van der Waals surface area contributed by atoms with Crippen LogP contribution in [0.25, 0.3) is 10.8 Å². The van der Waals surface area contributed by atoms with Gasteiger partial charge < -0.3 is 10.0 Å². The second kappa shape index (κ2) is 8.77. The molecule has 7 heteroatoms. The normalized spacial score (nSPS) is 20.9. The molecule has 31 heavy (non-hydrogen) atoms. The number of hydrogen-bond donors (Lipinski definition) is 1. The Morgan fingerprint density at radius 3 is 2.71 bits per heavy atom. The van der Waals surface area contributed by atoms with Crippen LogP contribution in [-0.4, -0.2) is 57.1 Å². The minimum Gasteiger partial charge on any atom is -0.393 e. The number of hydrogen-bond acceptors (Lipinski definition) is 6. The molecule has 1 aromatic carbocycles. The summed E-state index contributed by atoms with van der Waals surface area (Å²) >= 11 is 0. The van der Waals surface area contributed by atoms with E-state index in [1.807, 2.05) is 24.7 Å². The molecule has 3 aromatic rings. The van der Waals surface area contributed by atoms with Gasteiger partial charge in [0, 0.05) is 50.0 Å². The maximum atomic E-state index is 12.9. The number of benzene rings is 1. The van der Waals surface area contributed by atoms with Crippen molar-refractivity contribution in [3.05, 3.63) is 64.8 Å². The Hall–Kier alpha value is -2.77. The van der Waals surface area contributed by atoms with E-state index in [9.17, 15) is 9.90 Å². The van der Waals surface area contributed by atoms with E-state index in [0.717, 1.165) is 69.5 Å². The third-order valence-corrected chi connectivity index (χ3v) is 6.61. The number of aliphatic hydroxyl groups is 1. The van der Waals surface area contributed by atoms with Crippen molar-refractivity contribution in [2.45, 2.75) is 44.4 Å². The molecule has 7 nitrogen and oxygen atoms in total. The zero-order chi connectivity index (χ0) is 21.2. The van der Waals surface area contributed by atoms with Crippen molar-refractivity contribution in [3.63, 3.8) is 0 Å². The summed E-state index contributed by atoms with van der Waals surface area (Å²) in [7, 11) is 0. The van der Waals surface area contributed by atoms with Crippen LogP contribution in [0, 0.1) is 0 Å². The molecule has 0 saturated carbocycles. The first-order chi connectivity index (χ1) is 15.2. The van der Waals surface area contributed by atoms with Crippen LogP contribution >= 0.6 is 0 Å². The topological polar surface area (TPSA) is 74.5 Å². The average Bonchev–Trinajstić information content (AvgIpc) is 2.80. The first-order valence-corrected chi connectivity index (χ1v) is 11.2. The third kappa shape index (κ3) is 4.34. The summed E-state index contributed by atoms with van der Waals surface area (Å²) in [5.41, 5.74) is 2.05. The summed E-state index contributed by atoms with van der Waals surface area (Å²) in [6, 6.07) is 10.1. The van der Waals surface area contributed by atoms with Crippen molar-refractivity contribution in [1.29, 1.82) is 0 Å². The highest BCUT2D eigenvalue weighted by molar-refractivity contribution is 5.84. The van der Waals surface area contributed by atoms with Crippen LogP contribution in [0.4, 0.5) is 5.69 Å². The van der Waals surface area contributed by atoms with E-state index in [-0.39, 0.29) is 17.7 Å². The van der Waals surface area contributed by atoms with Crippen molar-refractivity contribution in [1.82, 2.24) is 19.7 Å². The molecule has 0 bridgehead atoms. The van der Waals surface area contributed by atoms with Crippen molar-refractivity contribution in [2.24, 2.45) is 0 Å². The summed E-state index contributed by atoms with van der Waals surface area (Å²) in [4.78, 5) is 21.8. The van der Waals surface area contributed by atoms with Gasteiger partial charge in [-0.1, -0.05) is 24.3 Å². The summed E-state index contributed by atoms with van der Waals surface area (Å²) in [5.74, 6) is 0. The van der Waals surface area contributed by atoms with Gasteiger partial charge in [0.25, 0.3) is 5.56 Å². The molecular formula is C24H29N5O2. The predicted octanol–water partition coefficient (Wildman–Crippen LogP) is 2.59. The van der Waals surface area contributed by atoms with E-state index in [2.05, 4.69) is 38.1 Å². The molecule has 0 aliphatic carbocycles. The summed E-state index contributed by atoms with van der Waals surface area (Å²) in [5, 5.41) is 16.7. The molecule has 5 rings (SSSR count). The quantitative estimate of drug-likeness (QED) is 0.701. The Labute approximate surface area is 181 Å². The summed E-state index contributed by atoms with van der Waals surface area (Å²) in [6.45, 7) is 4.19. The van der Waals surface area contributed by atoms with Gasteiger partial charge in [-0.2, -0.15) is 5.10 Å². The number of nitrogens with zero attached hydrogens (tertiary/aromatic N) is 5. The minimum absolute atomic E-state index is 0.0395. The lowest BCUT2D eigenvalue weighted by molar-refractivity contribution is 0.145. The first kappa shape index (κ1) is 20.2. The van der Waals surface area contributed by atoms with Gasteiger partial charge in [0.15, 0.2) is 0 Å². The smallest absolute Gasteiger partial charge is 0.269 e. The number of piperidine rings is 2. The van der Waals surface area contributed by atoms with Gasteiger partial charge in [-0.3, -0.25) is 14.7 Å². The fourth-order valence-electron chi connectivity index (χ4n) is 4.90. The maximum absolute atomic E-state index is 12.9. The van der Waals surface area contributed by atoms with E-state index in [1.165, 1.54) is 10.9 Å². The number of aromatic nitrogens is 3. The van der Waals surface area contributed by atoms with Gasteiger partial charge in [0.1, 0.15) is 0 Å². The number of anilines is 1. The molecule has 2 fully saturated rings. The van der Waals surface area contributed by atoms with E-state index in [4.69, 9.17) is 0 Å². The SMILES string of the molecule is O=c1cc(N2CCC(O)CC2)cnn1[C@H]1CCCN(Cc2cncc3ccccc23)C1. The van der Waals surface area contributed by atoms with Crippen LogP contribution in [0.15, 0.2) is 53.7 Å². The van der Waals surface area contributed by atoms with Crippen LogP contribution in [0.2, 0.25) is 0 Å². The Kier molecular flexibility index (Phi) is 5.70. The van der Waals surface area contributed by atoms with Crippen LogP contribution in [-0.2, 0) is 6.54 Å². The van der Waals surface area contributed by atoms with E-state index >= 15 is 0 Å². The number of aliphatic hydroxyl groups excluding tert-OH is 1. The zero-order valence-electron chi connectivity index (χ0n) is 17.7. The zero-order valence-corrected chi connectivity index (χ0v) is 17.7. The summed E-state index contributed by atoms with van der Waals surface area (Å²) < 4.78 is 1.66. The molecule has 0 radical (unpaired) electrons. The predicted molar refractivity (Wildman–Crippen MR) is 121 cm³/mol. The molecule has 4 heterocycles. The lowest BCUT2D eigenvalue weighted by Crippen LogP contribution is -2.41. The molecule has 1 N–H and O–H groups in total. The fourth-order valence-corrected chi connectivity index (χ4v) is 4.90. The van der Waals surface area contributed by atoms with E-state index in [0.29, 0.717) is 0 Å². The number of rotatable bonds is 4. The largest absolute Gasteiger partial charge is 0.393 e. The van der Waals surface area contributed by atoms with Crippen molar-refractivity contribution in [3.8, 4) is 0 Å². The van der Waals surface area contributed by atoms with Crippen LogP contribution in [0.5, 0.6) is 0 Å². The minimum atomic E-state index is -0.227. The molecule has 1 atom stereocenters. The maximum Gasteiger partial charge on any atom is 0.269 e. The number of pyridine rings is 1. The number of likely N-dealkylation sites (tertiary alicyclic amines) is 1. The van der Waals surface area contributed by atoms with Crippen LogP contribution in [0.1, 0.15) is 37.3 Å². The van der Waals surface area contributed by atoms with Gasteiger partial charge in [-0.25, -0.2) is 4.68 Å². The highest BCUT2D eigenvalue weighted by atomic mass is 16.3. The lowest BCUT2D eigenvalue weighted by Gasteiger charge is -2.34. The molecule has 162 valence electrons. The third-order valence-electron chi connectivity index (χ3n) is 6.61. The highest BCUT2D eigenvalue weighted by Gasteiger charge is 2.24. The molecule has 2 saturated heterocycles. The van der Waals surface area contributed by atoms with E-state index < -0.39 is 0 Å². The Balaban J connectivity index is 1.30. The van der Waals surface area contributed by atoms with Crippen molar-refractivity contribution >= 4 is 16.5 Å². The molecule has 2 aliphatic heterocycles. The van der Waals surface area contributed by atoms with Gasteiger partial charge >= 0.3 is 0 Å². The Morgan fingerprint density at radius 1 is 1.03 bits per heavy atom. The fraction of sp³-hybridized carbons (Fsp3) is 0.458. The van der Waals surface area contributed by atoms with E-state index in [1.54, 1.807) is 10.7 Å². The van der Waals surface area contributed by atoms with Crippen LogP contribution in [0.3, 0.4) is 0 Å². The van der Waals surface area contributed by atoms with Crippen molar-refractivity contribution < 1.29 is 5.11 Å². The molecule has 0 spiro atoms. The average molecular weight is 420 g/mol. The van der Waals surface area contributed by atoms with Crippen molar-refractivity contribution in [2.75, 3.05) is 31.1 Å². The second-order valence-corrected chi connectivity index (χ2v) is 8.77. The van der Waals surface area contributed by atoms with Gasteiger partial charge in [0.2, 0.25) is 0 Å². The molecule has 2 aliphatic rings. The molecule has 0 amide bonds. The number of fused-ring (bicyclic) bond motifs is 1. The molecular weight excluding hydrogens is 390 g/mol. The van der Waals surface area contributed by atoms with Gasteiger partial charge in [-0.15, -0.1) is 0 Å². The van der Waals surface area contributed by atoms with Crippen LogP contribution < -0.4 is 10.5 Å². The lowest BCUT2D eigenvalue weighted by atomic mass is 10.0. The Bertz CT molecular complexity index is 1100. The Morgan fingerprint density at radius 2 is 1.87 bits per heavy atom. The van der Waals surface area contributed by atoms with Gasteiger partial charge in [-0.05, 0) is 43.2 Å². The molecule has 0 unspecified atom stereocenters. The first-order valence-electron chi connectivity index (χ1n) is 11.2. The monoisotopic (exact) mass is 419 g/mol.